The molecule has 4 N–H and O–H groups in total. The summed E-state index contributed by atoms with van der Waals surface area (Å²) in [6, 6.07) is 7.80. The van der Waals surface area contributed by atoms with Gasteiger partial charge in [0.1, 0.15) is 0 Å². The van der Waals surface area contributed by atoms with Crippen molar-refractivity contribution in [2.75, 3.05) is 17.1 Å². The average Bonchev–Trinajstić information content (AvgIpc) is 3.06. The Kier molecular flexibility index (Phi) is 5.05. The third-order valence-electron chi connectivity index (χ3n) is 5.68. The summed E-state index contributed by atoms with van der Waals surface area (Å²) < 4.78 is 73.5. The highest BCUT2D eigenvalue weighted by Crippen LogP contribution is 2.51. The minimum absolute atomic E-state index is 0.00355. The van der Waals surface area contributed by atoms with Gasteiger partial charge in [-0.3, -0.25) is 9.40 Å². The van der Waals surface area contributed by atoms with Crippen LogP contribution in [0, 0.1) is 6.92 Å². The van der Waals surface area contributed by atoms with Gasteiger partial charge in [0.15, 0.2) is 17.2 Å². The van der Waals surface area contributed by atoms with Crippen LogP contribution in [0.4, 0.5) is 24.7 Å². The van der Waals surface area contributed by atoms with E-state index in [1.165, 1.54) is 31.4 Å². The Balaban J connectivity index is 1.90. The number of aliphatic hydroxyl groups is 1. The Morgan fingerprint density at radius 2 is 1.97 bits per heavy atom. The van der Waals surface area contributed by atoms with Gasteiger partial charge in [-0.1, -0.05) is 12.1 Å². The number of H-pyrrole nitrogens is 1. The van der Waals surface area contributed by atoms with Crippen molar-refractivity contribution in [2.24, 2.45) is 0 Å². The smallest absolute Gasteiger partial charge is 0.417 e. The number of alkyl halides is 3. The maximum absolute atomic E-state index is 13.7. The Labute approximate surface area is 181 Å². The molecule has 2 aromatic carbocycles. The molecule has 4 rings (SSSR count). The van der Waals surface area contributed by atoms with Crippen LogP contribution >= 0.6 is 0 Å². The molecular weight excluding hydrogens is 449 g/mol. The van der Waals surface area contributed by atoms with Gasteiger partial charge >= 0.3 is 6.18 Å². The highest BCUT2D eigenvalue weighted by Gasteiger charge is 2.63. The van der Waals surface area contributed by atoms with Crippen molar-refractivity contribution < 1.29 is 31.4 Å². The number of nitrogens with one attached hydrogen (secondary N) is 1. The lowest BCUT2D eigenvalue weighted by molar-refractivity contribution is -0.289. The fraction of sp³-hybridized carbons (Fsp3) is 0.350. The number of nitrogens with two attached hydrogens (primary N) is 1. The number of nitrogen functional groups attached to an aromatic ring is 1. The second kappa shape index (κ2) is 7.27. The zero-order chi connectivity index (χ0) is 23.5. The Morgan fingerprint density at radius 1 is 1.28 bits per heavy atom. The number of hydrogen-bond acceptors (Lipinski definition) is 6. The monoisotopic (exact) mass is 470 g/mol. The van der Waals surface area contributed by atoms with Crippen LogP contribution in [0.1, 0.15) is 18.4 Å². The van der Waals surface area contributed by atoms with Crippen LogP contribution in [0.25, 0.3) is 10.9 Å². The number of sulfonamides is 1. The van der Waals surface area contributed by atoms with Crippen molar-refractivity contribution in [1.29, 1.82) is 0 Å². The molecule has 32 heavy (non-hydrogen) atoms. The average molecular weight is 470 g/mol. The molecule has 0 radical (unpaired) electrons. The molecular formula is C20H21F3N4O4S. The van der Waals surface area contributed by atoms with Gasteiger partial charge in [0.2, 0.25) is 0 Å². The lowest BCUT2D eigenvalue weighted by atomic mass is 9.75. The molecule has 0 atom stereocenters. The highest BCUT2D eigenvalue weighted by atomic mass is 32.2. The number of nitrogens with zero attached hydrogens (tertiary/aromatic N) is 2. The molecule has 0 spiro atoms. The van der Waals surface area contributed by atoms with Crippen molar-refractivity contribution in [2.45, 2.75) is 42.5 Å². The van der Waals surface area contributed by atoms with Crippen LogP contribution in [-0.4, -0.2) is 48.7 Å². The number of aromatic nitrogens is 2. The van der Waals surface area contributed by atoms with Crippen molar-refractivity contribution in [3.05, 3.63) is 42.0 Å². The fourth-order valence-electron chi connectivity index (χ4n) is 4.00. The number of anilines is 2. The molecule has 0 aliphatic heterocycles. The number of fused-ring (bicyclic) bond motifs is 1. The van der Waals surface area contributed by atoms with Gasteiger partial charge in [0, 0.05) is 12.8 Å². The van der Waals surface area contributed by atoms with Crippen molar-refractivity contribution in [3.8, 4) is 5.75 Å². The summed E-state index contributed by atoms with van der Waals surface area (Å²) in [5.41, 5.74) is 4.07. The normalized spacial score (nSPS) is 21.4. The van der Waals surface area contributed by atoms with Crippen molar-refractivity contribution >= 4 is 32.4 Å². The molecule has 1 heterocycles. The minimum Gasteiger partial charge on any atom is -0.494 e. The number of aromatic amines is 1. The first-order valence-electron chi connectivity index (χ1n) is 9.60. The van der Waals surface area contributed by atoms with Crippen LogP contribution in [0.5, 0.6) is 5.75 Å². The first-order chi connectivity index (χ1) is 14.9. The lowest BCUT2D eigenvalue weighted by Gasteiger charge is -2.49. The number of ether oxygens (including phenoxy) is 1. The van der Waals surface area contributed by atoms with E-state index in [0.29, 0.717) is 16.5 Å². The summed E-state index contributed by atoms with van der Waals surface area (Å²) in [5.74, 6) is 0.0967. The topological polar surface area (TPSA) is 122 Å². The van der Waals surface area contributed by atoms with Gasteiger partial charge in [0.25, 0.3) is 10.0 Å². The molecule has 0 saturated heterocycles. The quantitative estimate of drug-likeness (QED) is 0.527. The second-order valence-corrected chi connectivity index (χ2v) is 9.67. The number of methoxy groups -OCH3 is 1. The largest absolute Gasteiger partial charge is 0.494 e. The Morgan fingerprint density at radius 3 is 2.56 bits per heavy atom. The number of hydrogen-bond donors (Lipinski definition) is 3. The number of halogens is 3. The zero-order valence-corrected chi connectivity index (χ0v) is 18.0. The summed E-state index contributed by atoms with van der Waals surface area (Å²) >= 11 is 0. The number of aryl methyl sites for hydroxylation is 1. The van der Waals surface area contributed by atoms with E-state index >= 15 is 0 Å². The second-order valence-electron chi connectivity index (χ2n) is 7.86. The minimum atomic E-state index is -4.88. The van der Waals surface area contributed by atoms with Crippen LogP contribution in [0.2, 0.25) is 0 Å². The summed E-state index contributed by atoms with van der Waals surface area (Å²) in [7, 11) is -3.03. The third kappa shape index (κ3) is 3.34. The Bertz CT molecular complexity index is 1280. The SMILES string of the molecule is COc1c(N(C2CC(O)(C(F)(F)F)C2)S(=O)(=O)c2cccc(C)c2)ccc2[nH]nc(N)c12. The standard InChI is InChI=1S/C20H21F3N4O4S/c1-11-4-3-5-13(8-11)32(29,30)27(12-9-19(28,10-12)20(21,22)23)15-7-6-14-16(17(15)31-2)18(24)26-25-14/h3-8,12,28H,9-10H2,1-2H3,(H3,24,25,26). The molecule has 8 nitrogen and oxygen atoms in total. The molecule has 0 unspecified atom stereocenters. The third-order valence-corrected chi connectivity index (χ3v) is 7.55. The Hall–Kier alpha value is -2.99. The first-order valence-corrected chi connectivity index (χ1v) is 11.0. The van der Waals surface area contributed by atoms with E-state index in [1.807, 2.05) is 0 Å². The predicted octanol–water partition coefficient (Wildman–Crippen LogP) is 3.11. The summed E-state index contributed by atoms with van der Waals surface area (Å²) in [4.78, 5) is -0.0951. The van der Waals surface area contributed by atoms with E-state index in [0.717, 1.165) is 4.31 Å². The van der Waals surface area contributed by atoms with E-state index in [-0.39, 0.29) is 22.2 Å². The molecule has 1 fully saturated rings. The van der Waals surface area contributed by atoms with Gasteiger partial charge in [-0.25, -0.2) is 8.42 Å². The van der Waals surface area contributed by atoms with E-state index in [2.05, 4.69) is 10.2 Å². The van der Waals surface area contributed by atoms with Gasteiger partial charge < -0.3 is 15.6 Å². The van der Waals surface area contributed by atoms with E-state index in [1.54, 1.807) is 19.1 Å². The van der Waals surface area contributed by atoms with Gasteiger partial charge in [-0.2, -0.15) is 18.3 Å². The van der Waals surface area contributed by atoms with Crippen molar-refractivity contribution in [3.63, 3.8) is 0 Å². The van der Waals surface area contributed by atoms with Crippen LogP contribution < -0.4 is 14.8 Å². The predicted molar refractivity (Wildman–Crippen MR) is 112 cm³/mol. The van der Waals surface area contributed by atoms with E-state index in [9.17, 15) is 26.7 Å². The van der Waals surface area contributed by atoms with Crippen LogP contribution in [0.15, 0.2) is 41.3 Å². The van der Waals surface area contributed by atoms with Gasteiger partial charge in [-0.15, -0.1) is 0 Å². The van der Waals surface area contributed by atoms with Crippen LogP contribution in [-0.2, 0) is 10.0 Å². The maximum atomic E-state index is 13.7. The molecule has 0 amide bonds. The fourth-order valence-corrected chi connectivity index (χ4v) is 5.76. The molecule has 1 aliphatic carbocycles. The maximum Gasteiger partial charge on any atom is 0.417 e. The van der Waals surface area contributed by atoms with E-state index < -0.39 is 40.7 Å². The molecule has 3 aromatic rings. The molecule has 1 aliphatic rings. The highest BCUT2D eigenvalue weighted by molar-refractivity contribution is 7.92. The molecule has 0 bridgehead atoms. The lowest BCUT2D eigenvalue weighted by Crippen LogP contribution is -2.63. The summed E-state index contributed by atoms with van der Waals surface area (Å²) in [6.45, 7) is 1.70. The van der Waals surface area contributed by atoms with Gasteiger partial charge in [-0.05, 0) is 36.8 Å². The summed E-state index contributed by atoms with van der Waals surface area (Å²) in [6.07, 6.45) is -6.52. The molecule has 1 aromatic heterocycles. The van der Waals surface area contributed by atoms with E-state index in [4.69, 9.17) is 10.5 Å². The number of rotatable bonds is 5. The zero-order valence-electron chi connectivity index (χ0n) is 17.1. The van der Waals surface area contributed by atoms with Crippen molar-refractivity contribution in [1.82, 2.24) is 10.2 Å². The van der Waals surface area contributed by atoms with Gasteiger partial charge in [0.05, 0.1) is 34.6 Å². The van der Waals surface area contributed by atoms with Crippen LogP contribution in [0.3, 0.4) is 0 Å². The first kappa shape index (κ1) is 22.2. The molecule has 12 heteroatoms. The number of benzene rings is 2. The molecule has 1 saturated carbocycles. The summed E-state index contributed by atoms with van der Waals surface area (Å²) in [5, 5.41) is 16.9. The molecule has 172 valence electrons.